The summed E-state index contributed by atoms with van der Waals surface area (Å²) in [5, 5.41) is 6.84. The summed E-state index contributed by atoms with van der Waals surface area (Å²) in [4.78, 5) is 12.7. The van der Waals surface area contributed by atoms with Gasteiger partial charge < -0.3 is 15.4 Å². The first-order chi connectivity index (χ1) is 17.1. The van der Waals surface area contributed by atoms with Crippen molar-refractivity contribution in [3.8, 4) is 5.75 Å². The molecule has 0 aliphatic heterocycles. The van der Waals surface area contributed by atoms with Gasteiger partial charge in [-0.15, -0.1) is 0 Å². The summed E-state index contributed by atoms with van der Waals surface area (Å²) in [5.74, 6) is 1.83. The van der Waals surface area contributed by atoms with Gasteiger partial charge in [-0.2, -0.15) is 0 Å². The van der Waals surface area contributed by atoms with Crippen LogP contribution < -0.4 is 15.4 Å². The third kappa shape index (κ3) is 10.9. The van der Waals surface area contributed by atoms with Gasteiger partial charge in [-0.25, -0.2) is 0 Å². The van der Waals surface area contributed by atoms with Gasteiger partial charge in [0.25, 0.3) is 0 Å². The Labute approximate surface area is 213 Å². The van der Waals surface area contributed by atoms with Crippen LogP contribution in [0.1, 0.15) is 81.8 Å². The molecule has 1 saturated carbocycles. The molecule has 0 heterocycles. The van der Waals surface area contributed by atoms with E-state index in [9.17, 15) is 4.79 Å². The van der Waals surface area contributed by atoms with Gasteiger partial charge in [0.1, 0.15) is 5.75 Å². The molecule has 1 aliphatic rings. The van der Waals surface area contributed by atoms with Gasteiger partial charge in [0.2, 0.25) is 5.91 Å². The molecule has 2 aromatic carbocycles. The zero-order chi connectivity index (χ0) is 24.7. The van der Waals surface area contributed by atoms with E-state index in [1.54, 1.807) is 0 Å². The quantitative estimate of drug-likeness (QED) is 0.303. The minimum atomic E-state index is 0.0661. The van der Waals surface area contributed by atoms with Crippen LogP contribution in [0.5, 0.6) is 5.75 Å². The van der Waals surface area contributed by atoms with Crippen molar-refractivity contribution in [1.82, 2.24) is 10.6 Å². The number of aryl methyl sites for hydroxylation is 1. The number of rotatable bonds is 15. The Balaban J connectivity index is 1.44. The Morgan fingerprint density at radius 3 is 2.37 bits per heavy atom. The molecule has 1 amide bonds. The van der Waals surface area contributed by atoms with E-state index in [1.807, 2.05) is 30.3 Å². The lowest BCUT2D eigenvalue weighted by molar-refractivity contribution is -0.122. The largest absolute Gasteiger partial charge is 0.493 e. The zero-order valence-corrected chi connectivity index (χ0v) is 21.9. The fraction of sp³-hybridized carbons (Fsp3) is 0.581. The standard InChI is InChI=1S/C31H46N2O2/c1-25-16-20-30(21-17-25)35-23-22-31(34)33-29(24-27-12-7-4-8-13-27)19-18-28(32-2)15-9-14-26-10-5-3-6-11-26/h4,7-8,12-13,16-17,20-21,26,28-29,32H,3,5-6,9-11,14-15,18-19,22-24H2,1-2H3,(H,33,34). The van der Waals surface area contributed by atoms with Crippen LogP contribution in [0.15, 0.2) is 54.6 Å². The van der Waals surface area contributed by atoms with Crippen LogP contribution in [0, 0.1) is 12.8 Å². The predicted octanol–water partition coefficient (Wildman–Crippen LogP) is 6.61. The molecule has 2 N–H and O–H groups in total. The number of carbonyl (C=O) groups is 1. The van der Waals surface area contributed by atoms with Crippen LogP contribution >= 0.6 is 0 Å². The normalized spacial score (nSPS) is 15.9. The highest BCUT2D eigenvalue weighted by atomic mass is 16.5. The summed E-state index contributed by atoms with van der Waals surface area (Å²) in [5.41, 5.74) is 2.47. The number of hydrogen-bond donors (Lipinski definition) is 2. The molecule has 0 saturated heterocycles. The first-order valence-electron chi connectivity index (χ1n) is 13.8. The van der Waals surface area contributed by atoms with Gasteiger partial charge in [0.15, 0.2) is 0 Å². The lowest BCUT2D eigenvalue weighted by Gasteiger charge is -2.24. The highest BCUT2D eigenvalue weighted by Gasteiger charge is 2.17. The van der Waals surface area contributed by atoms with Gasteiger partial charge in [0, 0.05) is 12.1 Å². The average Bonchev–Trinajstić information content (AvgIpc) is 2.88. The molecule has 35 heavy (non-hydrogen) atoms. The second-order valence-electron chi connectivity index (χ2n) is 10.4. The molecule has 4 heteroatoms. The van der Waals surface area contributed by atoms with Crippen molar-refractivity contribution in [1.29, 1.82) is 0 Å². The molecule has 1 aliphatic carbocycles. The Kier molecular flexibility index (Phi) is 12.2. The smallest absolute Gasteiger partial charge is 0.223 e. The van der Waals surface area contributed by atoms with Crippen LogP contribution in [0.3, 0.4) is 0 Å². The van der Waals surface area contributed by atoms with E-state index in [2.05, 4.69) is 48.9 Å². The van der Waals surface area contributed by atoms with E-state index in [0.29, 0.717) is 19.1 Å². The molecule has 2 atom stereocenters. The fourth-order valence-corrected chi connectivity index (χ4v) is 5.28. The minimum absolute atomic E-state index is 0.0661. The summed E-state index contributed by atoms with van der Waals surface area (Å²) in [7, 11) is 2.08. The van der Waals surface area contributed by atoms with E-state index < -0.39 is 0 Å². The van der Waals surface area contributed by atoms with Crippen molar-refractivity contribution in [2.45, 2.75) is 96.1 Å². The number of hydrogen-bond acceptors (Lipinski definition) is 3. The molecule has 0 radical (unpaired) electrons. The SMILES string of the molecule is CNC(CCCC1CCCCC1)CCC(Cc1ccccc1)NC(=O)CCOc1ccc(C)cc1. The van der Waals surface area contributed by atoms with Crippen molar-refractivity contribution >= 4 is 5.91 Å². The number of benzene rings is 2. The van der Waals surface area contributed by atoms with E-state index >= 15 is 0 Å². The lowest BCUT2D eigenvalue weighted by Crippen LogP contribution is -2.38. The molecule has 0 aromatic heterocycles. The molecule has 0 bridgehead atoms. The topological polar surface area (TPSA) is 50.4 Å². The van der Waals surface area contributed by atoms with Crippen LogP contribution in [0.4, 0.5) is 0 Å². The van der Waals surface area contributed by atoms with Crippen molar-refractivity contribution < 1.29 is 9.53 Å². The Morgan fingerprint density at radius 1 is 0.943 bits per heavy atom. The van der Waals surface area contributed by atoms with Crippen LogP contribution in [-0.4, -0.2) is 31.6 Å². The summed E-state index contributed by atoms with van der Waals surface area (Å²) in [6.45, 7) is 2.45. The van der Waals surface area contributed by atoms with Crippen molar-refractivity contribution in [3.05, 3.63) is 65.7 Å². The van der Waals surface area contributed by atoms with E-state index in [1.165, 1.54) is 62.5 Å². The van der Waals surface area contributed by atoms with Gasteiger partial charge in [0.05, 0.1) is 13.0 Å². The monoisotopic (exact) mass is 478 g/mol. The number of ether oxygens (including phenoxy) is 1. The molecule has 192 valence electrons. The molecule has 3 rings (SSSR count). The third-order valence-corrected chi connectivity index (χ3v) is 7.47. The second-order valence-corrected chi connectivity index (χ2v) is 10.4. The van der Waals surface area contributed by atoms with E-state index in [-0.39, 0.29) is 11.9 Å². The van der Waals surface area contributed by atoms with Gasteiger partial charge in [-0.1, -0.05) is 93.0 Å². The maximum atomic E-state index is 12.7. The molecule has 2 aromatic rings. The Bertz CT molecular complexity index is 831. The summed E-state index contributed by atoms with van der Waals surface area (Å²) in [6.07, 6.45) is 14.4. The van der Waals surface area contributed by atoms with Crippen LogP contribution in [-0.2, 0) is 11.2 Å². The minimum Gasteiger partial charge on any atom is -0.493 e. The highest BCUT2D eigenvalue weighted by Crippen LogP contribution is 2.28. The van der Waals surface area contributed by atoms with E-state index in [4.69, 9.17) is 4.74 Å². The number of nitrogens with one attached hydrogen (secondary N) is 2. The van der Waals surface area contributed by atoms with Gasteiger partial charge >= 0.3 is 0 Å². The molecular weight excluding hydrogens is 432 g/mol. The maximum Gasteiger partial charge on any atom is 0.223 e. The average molecular weight is 479 g/mol. The summed E-state index contributed by atoms with van der Waals surface area (Å²) < 4.78 is 5.77. The molecule has 0 spiro atoms. The maximum absolute atomic E-state index is 12.7. The molecule has 4 nitrogen and oxygen atoms in total. The number of carbonyl (C=O) groups excluding carboxylic acids is 1. The predicted molar refractivity (Wildman–Crippen MR) is 146 cm³/mol. The van der Waals surface area contributed by atoms with E-state index in [0.717, 1.165) is 30.9 Å². The first-order valence-corrected chi connectivity index (χ1v) is 13.8. The van der Waals surface area contributed by atoms with Crippen molar-refractivity contribution in [3.63, 3.8) is 0 Å². The molecule has 1 fully saturated rings. The second kappa shape index (κ2) is 15.6. The molecule has 2 unspecified atom stereocenters. The lowest BCUT2D eigenvalue weighted by atomic mass is 9.85. The summed E-state index contributed by atoms with van der Waals surface area (Å²) in [6, 6.07) is 19.1. The highest BCUT2D eigenvalue weighted by molar-refractivity contribution is 5.76. The van der Waals surface area contributed by atoms with Gasteiger partial charge in [-0.3, -0.25) is 4.79 Å². The summed E-state index contributed by atoms with van der Waals surface area (Å²) >= 11 is 0. The fourth-order valence-electron chi connectivity index (χ4n) is 5.28. The van der Waals surface area contributed by atoms with Gasteiger partial charge in [-0.05, 0) is 63.3 Å². The third-order valence-electron chi connectivity index (χ3n) is 7.47. The van der Waals surface area contributed by atoms with Crippen molar-refractivity contribution in [2.24, 2.45) is 5.92 Å². The first kappa shape index (κ1) is 27.3. The Morgan fingerprint density at radius 2 is 1.66 bits per heavy atom. The number of amides is 1. The zero-order valence-electron chi connectivity index (χ0n) is 21.9. The van der Waals surface area contributed by atoms with Crippen LogP contribution in [0.25, 0.3) is 0 Å². The Hall–Kier alpha value is -2.33. The molecular formula is C31H46N2O2. The van der Waals surface area contributed by atoms with Crippen molar-refractivity contribution in [2.75, 3.05) is 13.7 Å². The van der Waals surface area contributed by atoms with Crippen LogP contribution in [0.2, 0.25) is 0 Å².